The van der Waals surface area contributed by atoms with Crippen LogP contribution < -0.4 is 0 Å². The number of aromatic carboxylic acids is 2. The summed E-state index contributed by atoms with van der Waals surface area (Å²) in [7, 11) is 0. The van der Waals surface area contributed by atoms with E-state index in [1.807, 2.05) is 78.9 Å². The minimum Gasteiger partial charge on any atom is -0.478 e. The summed E-state index contributed by atoms with van der Waals surface area (Å²) in [5.41, 5.74) is 6.32. The van der Waals surface area contributed by atoms with E-state index in [0.29, 0.717) is 22.3 Å². The molecule has 0 unspecified atom stereocenters. The number of carbonyl (C=O) groups is 2. The maximum atomic E-state index is 12.3. The molecule has 0 radical (unpaired) electrons. The molecule has 0 aliphatic rings. The first-order valence-electron chi connectivity index (χ1n) is 13.9. The molecule has 0 saturated heterocycles. The SMILES string of the molecule is O=C(O)c1cc(-c2ccccc2)c(-c2ccccc2)c(-c2ccccc2)c1C(=O)O.c1ccc(Cc2ccccc2)cc1. The van der Waals surface area contributed by atoms with Crippen LogP contribution in [0, 0.1) is 0 Å². The van der Waals surface area contributed by atoms with Gasteiger partial charge in [0, 0.05) is 5.56 Å². The van der Waals surface area contributed by atoms with Gasteiger partial charge >= 0.3 is 11.9 Å². The molecule has 0 aliphatic carbocycles. The van der Waals surface area contributed by atoms with Crippen LogP contribution in [0.15, 0.2) is 158 Å². The predicted octanol–water partition coefficient (Wildman–Crippen LogP) is 9.36. The summed E-state index contributed by atoms with van der Waals surface area (Å²) >= 11 is 0. The topological polar surface area (TPSA) is 74.6 Å². The van der Waals surface area contributed by atoms with Crippen LogP contribution in [-0.4, -0.2) is 22.2 Å². The monoisotopic (exact) mass is 562 g/mol. The molecule has 0 aliphatic heterocycles. The van der Waals surface area contributed by atoms with Gasteiger partial charge in [0.1, 0.15) is 0 Å². The molecule has 6 aromatic rings. The minimum atomic E-state index is -1.28. The molecule has 0 bridgehead atoms. The maximum absolute atomic E-state index is 12.3. The third-order valence-electron chi connectivity index (χ3n) is 7.08. The Labute approximate surface area is 251 Å². The lowest BCUT2D eigenvalue weighted by Crippen LogP contribution is -2.12. The van der Waals surface area contributed by atoms with Crippen LogP contribution in [0.4, 0.5) is 0 Å². The summed E-state index contributed by atoms with van der Waals surface area (Å²) in [6.07, 6.45) is 1.03. The Bertz CT molecular complexity index is 1760. The first-order valence-corrected chi connectivity index (χ1v) is 13.9. The lowest BCUT2D eigenvalue weighted by atomic mass is 9.82. The van der Waals surface area contributed by atoms with Crippen molar-refractivity contribution in [2.24, 2.45) is 0 Å². The molecule has 0 atom stereocenters. The molecule has 210 valence electrons. The van der Waals surface area contributed by atoms with Crippen molar-refractivity contribution in [3.05, 3.63) is 180 Å². The van der Waals surface area contributed by atoms with Crippen LogP contribution >= 0.6 is 0 Å². The Morgan fingerprint density at radius 2 is 0.814 bits per heavy atom. The standard InChI is InChI=1S/C26H18O4.C13H12/c27-25(28)21-16-20(17-10-4-1-5-11-17)22(18-12-6-2-7-13-18)23(24(21)26(29)30)19-14-8-3-9-15-19;1-3-7-12(8-4-1)11-13-9-5-2-6-10-13/h1-16H,(H,27,28)(H,29,30);1-10H,11H2. The van der Waals surface area contributed by atoms with Gasteiger partial charge in [0.25, 0.3) is 0 Å². The molecule has 4 heteroatoms. The quantitative estimate of drug-likeness (QED) is 0.203. The van der Waals surface area contributed by atoms with E-state index in [1.165, 1.54) is 17.2 Å². The zero-order valence-corrected chi connectivity index (χ0v) is 23.4. The van der Waals surface area contributed by atoms with Gasteiger partial charge in [-0.1, -0.05) is 152 Å². The van der Waals surface area contributed by atoms with Crippen molar-refractivity contribution < 1.29 is 19.8 Å². The molecule has 0 aromatic heterocycles. The van der Waals surface area contributed by atoms with Crippen molar-refractivity contribution in [3.63, 3.8) is 0 Å². The minimum absolute atomic E-state index is 0.216. The largest absolute Gasteiger partial charge is 0.478 e. The van der Waals surface area contributed by atoms with Gasteiger partial charge < -0.3 is 10.2 Å². The number of hydrogen-bond acceptors (Lipinski definition) is 2. The van der Waals surface area contributed by atoms with Crippen LogP contribution in [0.25, 0.3) is 33.4 Å². The van der Waals surface area contributed by atoms with E-state index in [2.05, 4.69) is 60.7 Å². The van der Waals surface area contributed by atoms with Gasteiger partial charge in [-0.25, -0.2) is 9.59 Å². The number of rotatable bonds is 7. The van der Waals surface area contributed by atoms with E-state index in [-0.39, 0.29) is 11.1 Å². The number of carboxylic acids is 2. The molecular formula is C39H30O4. The fourth-order valence-electron chi connectivity index (χ4n) is 5.14. The first kappa shape index (κ1) is 28.8. The molecule has 0 heterocycles. The molecule has 0 saturated carbocycles. The molecule has 0 fully saturated rings. The smallest absolute Gasteiger partial charge is 0.337 e. The second kappa shape index (κ2) is 13.7. The van der Waals surface area contributed by atoms with E-state index in [0.717, 1.165) is 17.5 Å². The molecule has 2 N–H and O–H groups in total. The van der Waals surface area contributed by atoms with Gasteiger partial charge in [-0.15, -0.1) is 0 Å². The normalized spacial score (nSPS) is 10.3. The number of carboxylic acid groups (broad SMARTS) is 2. The maximum Gasteiger partial charge on any atom is 0.337 e. The second-order valence-electron chi connectivity index (χ2n) is 9.95. The van der Waals surface area contributed by atoms with Crippen molar-refractivity contribution in [3.8, 4) is 33.4 Å². The Hall–Kier alpha value is -5.74. The third kappa shape index (κ3) is 6.95. The zero-order chi connectivity index (χ0) is 30.0. The Kier molecular flexibility index (Phi) is 9.20. The fraction of sp³-hybridized carbons (Fsp3) is 0.0256. The van der Waals surface area contributed by atoms with Crippen molar-refractivity contribution in [2.75, 3.05) is 0 Å². The average Bonchev–Trinajstić information content (AvgIpc) is 3.06. The summed E-state index contributed by atoms with van der Waals surface area (Å²) in [4.78, 5) is 24.4. The van der Waals surface area contributed by atoms with E-state index in [4.69, 9.17) is 0 Å². The molecule has 6 aromatic carbocycles. The average molecular weight is 563 g/mol. The van der Waals surface area contributed by atoms with Crippen LogP contribution in [0.1, 0.15) is 31.8 Å². The van der Waals surface area contributed by atoms with Gasteiger partial charge in [0.2, 0.25) is 0 Å². The highest BCUT2D eigenvalue weighted by Gasteiger charge is 2.27. The lowest BCUT2D eigenvalue weighted by molar-refractivity contribution is 0.0652. The fourth-order valence-corrected chi connectivity index (χ4v) is 5.14. The molecule has 43 heavy (non-hydrogen) atoms. The van der Waals surface area contributed by atoms with Crippen LogP contribution in [0.3, 0.4) is 0 Å². The van der Waals surface area contributed by atoms with Crippen LogP contribution in [0.2, 0.25) is 0 Å². The highest BCUT2D eigenvalue weighted by molar-refractivity contribution is 6.12. The summed E-state index contributed by atoms with van der Waals surface area (Å²) in [6.45, 7) is 0. The summed E-state index contributed by atoms with van der Waals surface area (Å²) in [6, 6.07) is 50.5. The van der Waals surface area contributed by atoms with Gasteiger partial charge in [-0.3, -0.25) is 0 Å². The van der Waals surface area contributed by atoms with Crippen molar-refractivity contribution >= 4 is 11.9 Å². The van der Waals surface area contributed by atoms with E-state index >= 15 is 0 Å². The Balaban J connectivity index is 0.000000235. The molecular weight excluding hydrogens is 532 g/mol. The van der Waals surface area contributed by atoms with Crippen LogP contribution in [-0.2, 0) is 6.42 Å². The molecule has 4 nitrogen and oxygen atoms in total. The van der Waals surface area contributed by atoms with E-state index in [1.54, 1.807) is 12.1 Å². The first-order chi connectivity index (χ1) is 21.0. The Morgan fingerprint density at radius 1 is 0.442 bits per heavy atom. The number of benzene rings is 6. The zero-order valence-electron chi connectivity index (χ0n) is 23.4. The summed E-state index contributed by atoms with van der Waals surface area (Å²) in [5, 5.41) is 19.9. The molecule has 0 amide bonds. The van der Waals surface area contributed by atoms with Crippen molar-refractivity contribution in [2.45, 2.75) is 6.42 Å². The second-order valence-corrected chi connectivity index (χ2v) is 9.95. The molecule has 6 rings (SSSR count). The van der Waals surface area contributed by atoms with Crippen LogP contribution in [0.5, 0.6) is 0 Å². The molecule has 0 spiro atoms. The van der Waals surface area contributed by atoms with Gasteiger partial charge in [0.05, 0.1) is 11.1 Å². The Morgan fingerprint density at radius 3 is 1.21 bits per heavy atom. The van der Waals surface area contributed by atoms with Gasteiger partial charge in [-0.05, 0) is 51.4 Å². The van der Waals surface area contributed by atoms with Crippen molar-refractivity contribution in [1.29, 1.82) is 0 Å². The highest BCUT2D eigenvalue weighted by Crippen LogP contribution is 2.43. The highest BCUT2D eigenvalue weighted by atomic mass is 16.4. The third-order valence-corrected chi connectivity index (χ3v) is 7.08. The van der Waals surface area contributed by atoms with Gasteiger partial charge in [-0.2, -0.15) is 0 Å². The predicted molar refractivity (Wildman–Crippen MR) is 172 cm³/mol. The summed E-state index contributed by atoms with van der Waals surface area (Å²) in [5.74, 6) is -2.55. The van der Waals surface area contributed by atoms with E-state index < -0.39 is 11.9 Å². The number of hydrogen-bond donors (Lipinski definition) is 2. The van der Waals surface area contributed by atoms with Gasteiger partial charge in [0.15, 0.2) is 0 Å². The summed E-state index contributed by atoms with van der Waals surface area (Å²) < 4.78 is 0. The van der Waals surface area contributed by atoms with Crippen molar-refractivity contribution in [1.82, 2.24) is 0 Å². The van der Waals surface area contributed by atoms with E-state index in [9.17, 15) is 19.8 Å². The lowest BCUT2D eigenvalue weighted by Gasteiger charge is -2.20.